The third-order valence-electron chi connectivity index (χ3n) is 7.59. The summed E-state index contributed by atoms with van der Waals surface area (Å²) >= 11 is 0. The fourth-order valence-corrected chi connectivity index (χ4v) is 5.56. The highest BCUT2D eigenvalue weighted by atomic mass is 16.6. The Morgan fingerprint density at radius 2 is 1.24 bits per heavy atom. The number of hydrogen-bond acceptors (Lipinski definition) is 6. The molecule has 264 valence electrons. The van der Waals surface area contributed by atoms with Crippen molar-refractivity contribution in [3.8, 4) is 0 Å². The van der Waals surface area contributed by atoms with Gasteiger partial charge in [0.15, 0.2) is 0 Å². The van der Waals surface area contributed by atoms with Gasteiger partial charge in [0.05, 0.1) is 0 Å². The van der Waals surface area contributed by atoms with E-state index in [1.165, 1.54) is 4.90 Å². The van der Waals surface area contributed by atoms with E-state index in [1.54, 1.807) is 41.5 Å². The maximum Gasteiger partial charge on any atom is 0.408 e. The van der Waals surface area contributed by atoms with E-state index in [9.17, 15) is 19.2 Å². The Morgan fingerprint density at radius 1 is 0.714 bits per heavy atom. The molecule has 3 aromatic carbocycles. The molecule has 9 heteroatoms. The molecule has 0 aliphatic rings. The lowest BCUT2D eigenvalue weighted by Gasteiger charge is -2.36. The van der Waals surface area contributed by atoms with E-state index in [1.807, 2.05) is 99.6 Å². The van der Waals surface area contributed by atoms with Crippen LogP contribution in [-0.4, -0.2) is 58.6 Å². The van der Waals surface area contributed by atoms with Crippen LogP contribution < -0.4 is 10.6 Å². The first kappa shape index (κ1) is 38.8. The predicted molar refractivity (Wildman–Crippen MR) is 192 cm³/mol. The van der Waals surface area contributed by atoms with E-state index in [4.69, 9.17) is 9.47 Å². The molecule has 0 saturated heterocycles. The number of ether oxygens (including phenoxy) is 2. The van der Waals surface area contributed by atoms with Crippen LogP contribution in [0, 0.1) is 13.8 Å². The van der Waals surface area contributed by atoms with Crippen molar-refractivity contribution in [2.24, 2.45) is 0 Å². The Balaban J connectivity index is 2.11. The second-order valence-electron chi connectivity index (χ2n) is 14.5. The standard InChI is InChI=1S/C40H53N3O6/c1-10-23-43(36(45)32(25-29-17-13-11-14-18-29)42-38(47)49-40(7,8)9)34(31-22-21-27(2)24-28(31)3)35(44)41-33(37(46)48-39(4,5)6)26-30-19-15-12-16-20-30/h11-22,24,32-34H,10,23,25-26H2,1-9H3,(H,41,44)(H,42,47). The summed E-state index contributed by atoms with van der Waals surface area (Å²) in [6.45, 7) is 16.6. The van der Waals surface area contributed by atoms with Gasteiger partial charge < -0.3 is 25.0 Å². The van der Waals surface area contributed by atoms with Crippen LogP contribution in [0.2, 0.25) is 0 Å². The number of nitrogens with one attached hydrogen (secondary N) is 2. The summed E-state index contributed by atoms with van der Waals surface area (Å²) in [6.07, 6.45) is 0.164. The smallest absolute Gasteiger partial charge is 0.408 e. The molecule has 0 saturated carbocycles. The minimum atomic E-state index is -1.12. The lowest BCUT2D eigenvalue weighted by molar-refractivity contribution is -0.159. The van der Waals surface area contributed by atoms with Crippen LogP contribution in [0.15, 0.2) is 78.9 Å². The van der Waals surface area contributed by atoms with Gasteiger partial charge >= 0.3 is 12.1 Å². The Hall–Kier alpha value is -4.66. The van der Waals surface area contributed by atoms with Crippen molar-refractivity contribution < 1.29 is 28.7 Å². The van der Waals surface area contributed by atoms with Crippen molar-refractivity contribution in [2.75, 3.05) is 6.54 Å². The molecule has 3 atom stereocenters. The Bertz CT molecular complexity index is 1560. The molecule has 0 heterocycles. The molecule has 3 aromatic rings. The second kappa shape index (κ2) is 17.1. The van der Waals surface area contributed by atoms with E-state index < -0.39 is 53.2 Å². The molecule has 0 spiro atoms. The van der Waals surface area contributed by atoms with Crippen molar-refractivity contribution in [1.82, 2.24) is 15.5 Å². The van der Waals surface area contributed by atoms with Crippen LogP contribution in [-0.2, 0) is 36.7 Å². The topological polar surface area (TPSA) is 114 Å². The first-order chi connectivity index (χ1) is 23.0. The molecule has 2 N–H and O–H groups in total. The summed E-state index contributed by atoms with van der Waals surface area (Å²) in [7, 11) is 0. The van der Waals surface area contributed by atoms with Crippen LogP contribution in [0.5, 0.6) is 0 Å². The molecule has 0 aliphatic carbocycles. The van der Waals surface area contributed by atoms with Gasteiger partial charge in [0.2, 0.25) is 11.8 Å². The molecule has 3 amide bonds. The number of aryl methyl sites for hydroxylation is 2. The van der Waals surface area contributed by atoms with Gasteiger partial charge in [-0.05, 0) is 84.1 Å². The monoisotopic (exact) mass is 671 g/mol. The second-order valence-corrected chi connectivity index (χ2v) is 14.5. The first-order valence-electron chi connectivity index (χ1n) is 17.0. The lowest BCUT2D eigenvalue weighted by Crippen LogP contribution is -2.55. The third-order valence-corrected chi connectivity index (χ3v) is 7.59. The molecule has 0 aromatic heterocycles. The van der Waals surface area contributed by atoms with E-state index in [0.29, 0.717) is 12.0 Å². The average molecular weight is 672 g/mol. The zero-order valence-corrected chi connectivity index (χ0v) is 30.5. The van der Waals surface area contributed by atoms with Gasteiger partial charge in [0, 0.05) is 19.4 Å². The number of esters is 1. The van der Waals surface area contributed by atoms with Crippen LogP contribution in [0.1, 0.15) is 88.7 Å². The molecule has 0 radical (unpaired) electrons. The number of carbonyl (C=O) groups excluding carboxylic acids is 4. The Labute approximate surface area is 291 Å². The number of amides is 3. The lowest BCUT2D eigenvalue weighted by atomic mass is 9.95. The molecule has 0 fully saturated rings. The van der Waals surface area contributed by atoms with Gasteiger partial charge in [0.25, 0.3) is 0 Å². The zero-order valence-electron chi connectivity index (χ0n) is 30.5. The van der Waals surface area contributed by atoms with Gasteiger partial charge in [-0.3, -0.25) is 9.59 Å². The van der Waals surface area contributed by atoms with Gasteiger partial charge in [-0.25, -0.2) is 9.59 Å². The van der Waals surface area contributed by atoms with E-state index >= 15 is 0 Å². The summed E-state index contributed by atoms with van der Waals surface area (Å²) in [4.78, 5) is 57.5. The number of nitrogens with zero attached hydrogens (tertiary/aromatic N) is 1. The highest BCUT2D eigenvalue weighted by molar-refractivity contribution is 5.94. The van der Waals surface area contributed by atoms with Crippen LogP contribution in [0.25, 0.3) is 0 Å². The predicted octanol–water partition coefficient (Wildman–Crippen LogP) is 6.79. The van der Waals surface area contributed by atoms with Crippen molar-refractivity contribution >= 4 is 23.9 Å². The van der Waals surface area contributed by atoms with Crippen molar-refractivity contribution in [2.45, 2.75) is 111 Å². The maximum atomic E-state index is 14.7. The average Bonchev–Trinajstić information content (AvgIpc) is 3.00. The summed E-state index contributed by atoms with van der Waals surface area (Å²) in [5.74, 6) is -1.56. The first-order valence-corrected chi connectivity index (χ1v) is 17.0. The molecular weight excluding hydrogens is 618 g/mol. The van der Waals surface area contributed by atoms with Crippen LogP contribution in [0.4, 0.5) is 4.79 Å². The van der Waals surface area contributed by atoms with Crippen LogP contribution in [0.3, 0.4) is 0 Å². The van der Waals surface area contributed by atoms with Gasteiger partial charge in [0.1, 0.15) is 29.3 Å². The molecule has 0 bridgehead atoms. The van der Waals surface area contributed by atoms with Gasteiger partial charge in [-0.15, -0.1) is 0 Å². The third kappa shape index (κ3) is 12.4. The minimum Gasteiger partial charge on any atom is -0.458 e. The number of rotatable bonds is 13. The van der Waals surface area contributed by atoms with Crippen molar-refractivity contribution in [3.63, 3.8) is 0 Å². The number of benzene rings is 3. The summed E-state index contributed by atoms with van der Waals surface area (Å²) in [6, 6.07) is 21.3. The zero-order chi connectivity index (χ0) is 36.4. The minimum absolute atomic E-state index is 0.175. The van der Waals surface area contributed by atoms with Crippen molar-refractivity contribution in [1.29, 1.82) is 0 Å². The fraction of sp³-hybridized carbons (Fsp3) is 0.450. The normalized spacial score (nSPS) is 13.4. The van der Waals surface area contributed by atoms with Gasteiger partial charge in [-0.2, -0.15) is 0 Å². The van der Waals surface area contributed by atoms with Gasteiger partial charge in [-0.1, -0.05) is 91.3 Å². The Morgan fingerprint density at radius 3 is 1.73 bits per heavy atom. The molecular formula is C40H53N3O6. The summed E-state index contributed by atoms with van der Waals surface area (Å²) in [5, 5.41) is 5.75. The highest BCUT2D eigenvalue weighted by Gasteiger charge is 2.38. The van der Waals surface area contributed by atoms with E-state index in [2.05, 4.69) is 10.6 Å². The number of alkyl carbamates (subject to hydrolysis) is 1. The number of hydrogen-bond donors (Lipinski definition) is 2. The Kier molecular flexibility index (Phi) is 13.6. The SMILES string of the molecule is CCCN(C(=O)C(Cc1ccccc1)NC(=O)OC(C)(C)C)C(C(=O)NC(Cc1ccccc1)C(=O)OC(C)(C)C)c1ccc(C)cc1C. The fourth-order valence-electron chi connectivity index (χ4n) is 5.56. The molecule has 3 unspecified atom stereocenters. The maximum absolute atomic E-state index is 14.7. The van der Waals surface area contributed by atoms with Crippen LogP contribution >= 0.6 is 0 Å². The molecule has 9 nitrogen and oxygen atoms in total. The summed E-state index contributed by atoms with van der Waals surface area (Å²) < 4.78 is 11.3. The van der Waals surface area contributed by atoms with E-state index in [0.717, 1.165) is 22.3 Å². The largest absolute Gasteiger partial charge is 0.458 e. The molecule has 49 heavy (non-hydrogen) atoms. The highest BCUT2D eigenvalue weighted by Crippen LogP contribution is 2.28. The summed E-state index contributed by atoms with van der Waals surface area (Å²) in [5.41, 5.74) is 2.52. The molecule has 3 rings (SSSR count). The van der Waals surface area contributed by atoms with Crippen molar-refractivity contribution in [3.05, 3.63) is 107 Å². The molecule has 0 aliphatic heterocycles. The number of carbonyl (C=O) groups is 4. The van der Waals surface area contributed by atoms with E-state index in [-0.39, 0.29) is 19.4 Å². The quantitative estimate of drug-likeness (QED) is 0.194.